The van der Waals surface area contributed by atoms with E-state index in [-0.39, 0.29) is 0 Å². The third kappa shape index (κ3) is 4.91. The highest BCUT2D eigenvalue weighted by Crippen LogP contribution is 2.09. The Morgan fingerprint density at radius 2 is 2.13 bits per heavy atom. The van der Waals surface area contributed by atoms with E-state index in [0.29, 0.717) is 6.04 Å². The lowest BCUT2D eigenvalue weighted by atomic mass is 10.1. The number of nitrogens with one attached hydrogen (secondary N) is 1. The number of nitrogens with zero attached hydrogens (tertiary/aromatic N) is 1. The van der Waals surface area contributed by atoms with Crippen molar-refractivity contribution in [1.29, 1.82) is 0 Å². The van der Waals surface area contributed by atoms with Crippen molar-refractivity contribution < 1.29 is 4.74 Å². The second kappa shape index (κ2) is 7.37. The summed E-state index contributed by atoms with van der Waals surface area (Å²) in [5, 5.41) is 3.45. The van der Waals surface area contributed by atoms with Crippen molar-refractivity contribution in [1.82, 2.24) is 10.3 Å². The lowest BCUT2D eigenvalue weighted by Gasteiger charge is -2.13. The van der Waals surface area contributed by atoms with Crippen molar-refractivity contribution in [3.05, 3.63) is 30.1 Å². The van der Waals surface area contributed by atoms with Gasteiger partial charge in [0.1, 0.15) is 0 Å². The van der Waals surface area contributed by atoms with Gasteiger partial charge in [0.15, 0.2) is 0 Å². The quantitative estimate of drug-likeness (QED) is 0.697. The number of hydrogen-bond acceptors (Lipinski definition) is 3. The molecular weight excluding hydrogens is 188 g/mol. The summed E-state index contributed by atoms with van der Waals surface area (Å²) < 4.78 is 5.27. The van der Waals surface area contributed by atoms with Crippen LogP contribution in [0.1, 0.15) is 31.9 Å². The van der Waals surface area contributed by atoms with E-state index < -0.39 is 0 Å². The minimum Gasteiger partial charge on any atom is -0.382 e. The molecule has 3 nitrogen and oxygen atoms in total. The fraction of sp³-hybridized carbons (Fsp3) is 0.583. The summed E-state index contributed by atoms with van der Waals surface area (Å²) in [5.41, 5.74) is 1.28. The van der Waals surface area contributed by atoms with Crippen molar-refractivity contribution in [3.63, 3.8) is 0 Å². The van der Waals surface area contributed by atoms with Crippen LogP contribution >= 0.6 is 0 Å². The number of aromatic nitrogens is 1. The summed E-state index contributed by atoms with van der Waals surface area (Å²) in [4.78, 5) is 4.00. The molecule has 1 aromatic heterocycles. The Bertz CT molecular complexity index is 251. The first-order valence-electron chi connectivity index (χ1n) is 5.55. The molecule has 1 aromatic rings. The molecule has 1 N–H and O–H groups in total. The van der Waals surface area contributed by atoms with Crippen molar-refractivity contribution in [2.45, 2.75) is 26.3 Å². The molecule has 0 aliphatic heterocycles. The van der Waals surface area contributed by atoms with Crippen LogP contribution in [0.25, 0.3) is 0 Å². The van der Waals surface area contributed by atoms with Crippen LogP contribution in [-0.2, 0) is 4.74 Å². The van der Waals surface area contributed by atoms with Gasteiger partial charge in [0.05, 0.1) is 0 Å². The first-order chi connectivity index (χ1) is 7.34. The molecule has 0 spiro atoms. The van der Waals surface area contributed by atoms with Crippen LogP contribution in [0.4, 0.5) is 0 Å². The van der Waals surface area contributed by atoms with E-state index in [4.69, 9.17) is 4.74 Å². The molecule has 0 fully saturated rings. The SMILES string of the molecule is CCOCCCN[C@H](C)c1ccncc1. The van der Waals surface area contributed by atoms with Gasteiger partial charge >= 0.3 is 0 Å². The summed E-state index contributed by atoms with van der Waals surface area (Å²) in [6.07, 6.45) is 4.71. The molecule has 0 amide bonds. The van der Waals surface area contributed by atoms with E-state index in [2.05, 4.69) is 17.2 Å². The van der Waals surface area contributed by atoms with Gasteiger partial charge < -0.3 is 10.1 Å². The third-order valence-corrected chi connectivity index (χ3v) is 2.33. The van der Waals surface area contributed by atoms with Gasteiger partial charge in [-0.3, -0.25) is 4.98 Å². The molecule has 0 aliphatic carbocycles. The van der Waals surface area contributed by atoms with Crippen molar-refractivity contribution in [2.75, 3.05) is 19.8 Å². The predicted molar refractivity (Wildman–Crippen MR) is 61.8 cm³/mol. The average Bonchev–Trinajstić information content (AvgIpc) is 2.30. The van der Waals surface area contributed by atoms with Crippen LogP contribution < -0.4 is 5.32 Å². The zero-order chi connectivity index (χ0) is 10.9. The average molecular weight is 208 g/mol. The highest BCUT2D eigenvalue weighted by atomic mass is 16.5. The van der Waals surface area contributed by atoms with Gasteiger partial charge in [-0.25, -0.2) is 0 Å². The third-order valence-electron chi connectivity index (χ3n) is 2.33. The van der Waals surface area contributed by atoms with Gasteiger partial charge in [0, 0.05) is 31.6 Å². The van der Waals surface area contributed by atoms with Gasteiger partial charge in [-0.15, -0.1) is 0 Å². The number of rotatable bonds is 7. The standard InChI is InChI=1S/C12H20N2O/c1-3-15-10-4-7-14-11(2)12-5-8-13-9-6-12/h5-6,8-9,11,14H,3-4,7,10H2,1-2H3/t11-/m1/s1. The smallest absolute Gasteiger partial charge is 0.0477 e. The first kappa shape index (κ1) is 12.1. The Labute approximate surface area is 91.9 Å². The van der Waals surface area contributed by atoms with Crippen LogP contribution in [0.2, 0.25) is 0 Å². The van der Waals surface area contributed by atoms with Crippen molar-refractivity contribution in [3.8, 4) is 0 Å². The predicted octanol–water partition coefficient (Wildman–Crippen LogP) is 2.16. The Kier molecular flexibility index (Phi) is 5.97. The van der Waals surface area contributed by atoms with E-state index in [1.54, 1.807) is 0 Å². The second-order valence-corrected chi connectivity index (χ2v) is 3.51. The van der Waals surface area contributed by atoms with Crippen molar-refractivity contribution >= 4 is 0 Å². The van der Waals surface area contributed by atoms with Gasteiger partial charge in [-0.2, -0.15) is 0 Å². The number of ether oxygens (including phenoxy) is 1. The maximum absolute atomic E-state index is 5.27. The lowest BCUT2D eigenvalue weighted by molar-refractivity contribution is 0.144. The molecule has 15 heavy (non-hydrogen) atoms. The van der Waals surface area contributed by atoms with Crippen LogP contribution in [0.5, 0.6) is 0 Å². The molecule has 0 aromatic carbocycles. The molecule has 0 radical (unpaired) electrons. The molecule has 0 aliphatic rings. The maximum Gasteiger partial charge on any atom is 0.0477 e. The summed E-state index contributed by atoms with van der Waals surface area (Å²) in [6.45, 7) is 6.82. The molecule has 0 unspecified atom stereocenters. The molecule has 1 heterocycles. The maximum atomic E-state index is 5.27. The van der Waals surface area contributed by atoms with Crippen LogP contribution in [0.3, 0.4) is 0 Å². The largest absolute Gasteiger partial charge is 0.382 e. The first-order valence-corrected chi connectivity index (χ1v) is 5.55. The van der Waals surface area contributed by atoms with Gasteiger partial charge in [0.25, 0.3) is 0 Å². The molecule has 1 rings (SSSR count). The summed E-state index contributed by atoms with van der Waals surface area (Å²) in [5.74, 6) is 0. The fourth-order valence-corrected chi connectivity index (χ4v) is 1.41. The molecule has 3 heteroatoms. The summed E-state index contributed by atoms with van der Waals surface area (Å²) in [6, 6.07) is 4.47. The zero-order valence-electron chi connectivity index (χ0n) is 9.57. The van der Waals surface area contributed by atoms with Gasteiger partial charge in [-0.1, -0.05) is 0 Å². The van der Waals surface area contributed by atoms with Gasteiger partial charge in [-0.05, 0) is 44.5 Å². The molecule has 0 bridgehead atoms. The van der Waals surface area contributed by atoms with Crippen LogP contribution in [-0.4, -0.2) is 24.7 Å². The molecule has 1 atom stereocenters. The van der Waals surface area contributed by atoms with Crippen molar-refractivity contribution in [2.24, 2.45) is 0 Å². The lowest BCUT2D eigenvalue weighted by Crippen LogP contribution is -2.20. The van der Waals surface area contributed by atoms with E-state index in [0.717, 1.165) is 26.2 Å². The zero-order valence-corrected chi connectivity index (χ0v) is 9.57. The van der Waals surface area contributed by atoms with E-state index in [9.17, 15) is 0 Å². The highest BCUT2D eigenvalue weighted by molar-refractivity contribution is 5.13. The Balaban J connectivity index is 2.16. The second-order valence-electron chi connectivity index (χ2n) is 3.51. The van der Waals surface area contributed by atoms with Gasteiger partial charge in [0.2, 0.25) is 0 Å². The van der Waals surface area contributed by atoms with Crippen LogP contribution in [0.15, 0.2) is 24.5 Å². The number of pyridine rings is 1. The highest BCUT2D eigenvalue weighted by Gasteiger charge is 2.02. The Morgan fingerprint density at radius 3 is 2.80 bits per heavy atom. The summed E-state index contributed by atoms with van der Waals surface area (Å²) in [7, 11) is 0. The molecule has 84 valence electrons. The molecular formula is C12H20N2O. The van der Waals surface area contributed by atoms with Crippen LogP contribution in [0, 0.1) is 0 Å². The van der Waals surface area contributed by atoms with E-state index >= 15 is 0 Å². The monoisotopic (exact) mass is 208 g/mol. The van der Waals surface area contributed by atoms with E-state index in [1.165, 1.54) is 5.56 Å². The Hall–Kier alpha value is -0.930. The minimum atomic E-state index is 0.384. The number of hydrogen-bond donors (Lipinski definition) is 1. The topological polar surface area (TPSA) is 34.1 Å². The summed E-state index contributed by atoms with van der Waals surface area (Å²) >= 11 is 0. The minimum absolute atomic E-state index is 0.384. The normalized spacial score (nSPS) is 12.7. The molecule has 0 saturated carbocycles. The van der Waals surface area contributed by atoms with E-state index in [1.807, 2.05) is 31.5 Å². The fourth-order valence-electron chi connectivity index (χ4n) is 1.41. The molecule has 0 saturated heterocycles. The Morgan fingerprint density at radius 1 is 1.40 bits per heavy atom.